The zero-order valence-corrected chi connectivity index (χ0v) is 9.76. The molecule has 15 heavy (non-hydrogen) atoms. The number of hydrogen-bond acceptors (Lipinski definition) is 3. The van der Waals surface area contributed by atoms with E-state index >= 15 is 0 Å². The molecule has 0 fully saturated rings. The van der Waals surface area contributed by atoms with Crippen molar-refractivity contribution in [3.63, 3.8) is 0 Å². The Morgan fingerprint density at radius 1 is 1.33 bits per heavy atom. The lowest BCUT2D eigenvalue weighted by Crippen LogP contribution is -2.23. The molecule has 0 atom stereocenters. The van der Waals surface area contributed by atoms with E-state index in [0.717, 1.165) is 11.3 Å². The third kappa shape index (κ3) is 1.86. The first-order valence-corrected chi connectivity index (χ1v) is 6.76. The number of anilines is 1. The molecule has 0 aliphatic carbocycles. The van der Waals surface area contributed by atoms with Crippen molar-refractivity contribution < 1.29 is 8.42 Å². The number of rotatable bonds is 1. The maximum absolute atomic E-state index is 11.8. The third-order valence-electron chi connectivity index (χ3n) is 2.69. The van der Waals surface area contributed by atoms with Crippen molar-refractivity contribution in [2.24, 2.45) is 0 Å². The van der Waals surface area contributed by atoms with Crippen LogP contribution in [-0.2, 0) is 9.84 Å². The van der Waals surface area contributed by atoms with E-state index in [2.05, 4.69) is 19.2 Å². The largest absolute Gasteiger partial charge is 0.383 e. The molecule has 0 radical (unpaired) electrons. The fourth-order valence-corrected chi connectivity index (χ4v) is 3.11. The molecule has 3 nitrogen and oxygen atoms in total. The summed E-state index contributed by atoms with van der Waals surface area (Å²) in [6, 6.07) is 5.64. The topological polar surface area (TPSA) is 46.2 Å². The zero-order valence-electron chi connectivity index (χ0n) is 8.95. The van der Waals surface area contributed by atoms with Gasteiger partial charge in [0.25, 0.3) is 0 Å². The number of nitrogens with one attached hydrogen (secondary N) is 1. The van der Waals surface area contributed by atoms with Gasteiger partial charge in [0, 0.05) is 6.54 Å². The smallest absolute Gasteiger partial charge is 0.182 e. The van der Waals surface area contributed by atoms with Crippen LogP contribution in [0, 0.1) is 0 Å². The zero-order chi connectivity index (χ0) is 11.1. The van der Waals surface area contributed by atoms with Crippen molar-refractivity contribution in [3.8, 4) is 0 Å². The first kappa shape index (κ1) is 10.5. The van der Waals surface area contributed by atoms with Gasteiger partial charge in [-0.2, -0.15) is 0 Å². The highest BCUT2D eigenvalue weighted by Crippen LogP contribution is 2.29. The van der Waals surface area contributed by atoms with Crippen LogP contribution in [0.25, 0.3) is 0 Å². The highest BCUT2D eigenvalue weighted by molar-refractivity contribution is 7.91. The second kappa shape index (κ2) is 3.52. The lowest BCUT2D eigenvalue weighted by atomic mass is 10.0. The summed E-state index contributed by atoms with van der Waals surface area (Å²) in [5.41, 5.74) is 1.81. The monoisotopic (exact) mass is 225 g/mol. The Labute approximate surface area is 90.4 Å². The van der Waals surface area contributed by atoms with Gasteiger partial charge in [-0.3, -0.25) is 0 Å². The molecule has 0 bridgehead atoms. The fraction of sp³-hybridized carbons (Fsp3) is 0.455. The molecule has 0 saturated heterocycles. The molecule has 1 aliphatic heterocycles. The van der Waals surface area contributed by atoms with E-state index in [4.69, 9.17) is 0 Å². The van der Waals surface area contributed by atoms with Crippen LogP contribution < -0.4 is 5.32 Å². The Kier molecular flexibility index (Phi) is 2.46. The molecule has 1 heterocycles. The molecule has 0 spiro atoms. The van der Waals surface area contributed by atoms with E-state index in [1.807, 2.05) is 12.1 Å². The Bertz CT molecular complexity index is 477. The number of benzene rings is 1. The van der Waals surface area contributed by atoms with E-state index in [1.165, 1.54) is 0 Å². The summed E-state index contributed by atoms with van der Waals surface area (Å²) in [4.78, 5) is 0.458. The van der Waals surface area contributed by atoms with E-state index in [1.54, 1.807) is 6.07 Å². The summed E-state index contributed by atoms with van der Waals surface area (Å²) in [5, 5.41) is 3.11. The van der Waals surface area contributed by atoms with Crippen LogP contribution in [0.2, 0.25) is 0 Å². The lowest BCUT2D eigenvalue weighted by Gasteiger charge is -2.19. The fourth-order valence-electron chi connectivity index (χ4n) is 1.73. The maximum atomic E-state index is 11.8. The molecule has 1 aromatic rings. The predicted molar refractivity (Wildman–Crippen MR) is 61.1 cm³/mol. The third-order valence-corrected chi connectivity index (χ3v) is 4.44. The summed E-state index contributed by atoms with van der Waals surface area (Å²) in [6.45, 7) is 4.63. The van der Waals surface area contributed by atoms with Crippen molar-refractivity contribution in [2.45, 2.75) is 24.7 Å². The van der Waals surface area contributed by atoms with Crippen molar-refractivity contribution in [2.75, 3.05) is 17.6 Å². The molecule has 0 amide bonds. The molecule has 1 aromatic carbocycles. The van der Waals surface area contributed by atoms with Crippen LogP contribution in [0.4, 0.5) is 5.69 Å². The van der Waals surface area contributed by atoms with Crippen LogP contribution in [0.3, 0.4) is 0 Å². The summed E-state index contributed by atoms with van der Waals surface area (Å²) in [6.07, 6.45) is 0. The Balaban J connectivity index is 2.59. The summed E-state index contributed by atoms with van der Waals surface area (Å²) < 4.78 is 23.6. The molecular weight excluding hydrogens is 210 g/mol. The summed E-state index contributed by atoms with van der Waals surface area (Å²) >= 11 is 0. The standard InChI is InChI=1S/C11H15NO2S/c1-8(2)9-3-4-10-11(7-9)15(13,14)6-5-12-10/h3-4,7-8,12H,5-6H2,1-2H3. The molecule has 0 saturated carbocycles. The molecular formula is C11H15NO2S. The molecule has 0 unspecified atom stereocenters. The second-order valence-corrected chi connectivity index (χ2v) is 6.23. The minimum atomic E-state index is -3.06. The number of hydrogen-bond donors (Lipinski definition) is 1. The van der Waals surface area contributed by atoms with Crippen LogP contribution in [0.1, 0.15) is 25.3 Å². The summed E-state index contributed by atoms with van der Waals surface area (Å²) in [5.74, 6) is 0.550. The molecule has 2 rings (SSSR count). The Morgan fingerprint density at radius 3 is 2.73 bits per heavy atom. The normalized spacial score (nSPS) is 18.3. The van der Waals surface area contributed by atoms with Gasteiger partial charge in [0.1, 0.15) is 0 Å². The Morgan fingerprint density at radius 2 is 2.07 bits per heavy atom. The van der Waals surface area contributed by atoms with Gasteiger partial charge in [0.05, 0.1) is 16.3 Å². The first-order chi connectivity index (χ1) is 7.00. The van der Waals surface area contributed by atoms with Crippen molar-refractivity contribution in [1.82, 2.24) is 0 Å². The van der Waals surface area contributed by atoms with Crippen LogP contribution in [0.5, 0.6) is 0 Å². The van der Waals surface area contributed by atoms with Gasteiger partial charge in [-0.25, -0.2) is 8.42 Å². The summed E-state index contributed by atoms with van der Waals surface area (Å²) in [7, 11) is -3.06. The molecule has 1 N–H and O–H groups in total. The van der Waals surface area contributed by atoms with Crippen molar-refractivity contribution >= 4 is 15.5 Å². The number of fused-ring (bicyclic) bond motifs is 1. The van der Waals surface area contributed by atoms with Gasteiger partial charge in [0.15, 0.2) is 9.84 Å². The molecule has 0 aromatic heterocycles. The first-order valence-electron chi connectivity index (χ1n) is 5.11. The predicted octanol–water partition coefficient (Wildman–Crippen LogP) is 2.01. The Hall–Kier alpha value is -1.03. The second-order valence-electron chi connectivity index (χ2n) is 4.16. The minimum absolute atomic E-state index is 0.196. The van der Waals surface area contributed by atoms with Gasteiger partial charge in [-0.15, -0.1) is 0 Å². The van der Waals surface area contributed by atoms with E-state index in [0.29, 0.717) is 17.4 Å². The van der Waals surface area contributed by atoms with E-state index < -0.39 is 9.84 Å². The number of sulfone groups is 1. The van der Waals surface area contributed by atoms with E-state index in [-0.39, 0.29) is 5.75 Å². The van der Waals surface area contributed by atoms with Gasteiger partial charge in [-0.1, -0.05) is 19.9 Å². The van der Waals surface area contributed by atoms with Gasteiger partial charge in [-0.05, 0) is 23.6 Å². The lowest BCUT2D eigenvalue weighted by molar-refractivity contribution is 0.594. The van der Waals surface area contributed by atoms with Crippen LogP contribution in [-0.4, -0.2) is 20.7 Å². The molecule has 4 heteroatoms. The highest BCUT2D eigenvalue weighted by atomic mass is 32.2. The SMILES string of the molecule is CC(C)c1ccc2c(c1)S(=O)(=O)CCN2. The quantitative estimate of drug-likeness (QED) is 0.795. The average molecular weight is 225 g/mol. The van der Waals surface area contributed by atoms with Gasteiger partial charge < -0.3 is 5.32 Å². The highest BCUT2D eigenvalue weighted by Gasteiger charge is 2.23. The minimum Gasteiger partial charge on any atom is -0.383 e. The van der Waals surface area contributed by atoms with E-state index in [9.17, 15) is 8.42 Å². The average Bonchev–Trinajstić information content (AvgIpc) is 2.17. The van der Waals surface area contributed by atoms with Crippen LogP contribution >= 0.6 is 0 Å². The van der Waals surface area contributed by atoms with Crippen molar-refractivity contribution in [1.29, 1.82) is 0 Å². The molecule has 82 valence electrons. The van der Waals surface area contributed by atoms with Crippen molar-refractivity contribution in [3.05, 3.63) is 23.8 Å². The maximum Gasteiger partial charge on any atom is 0.182 e. The van der Waals surface area contributed by atoms with Gasteiger partial charge in [0.2, 0.25) is 0 Å². The van der Waals surface area contributed by atoms with Gasteiger partial charge >= 0.3 is 0 Å². The molecule has 1 aliphatic rings. The van der Waals surface area contributed by atoms with Crippen LogP contribution in [0.15, 0.2) is 23.1 Å².